The van der Waals surface area contributed by atoms with E-state index in [0.717, 1.165) is 6.42 Å². The van der Waals surface area contributed by atoms with Gasteiger partial charge in [-0.1, -0.05) is 18.2 Å². The number of amides is 3. The standard InChI is InChI=1S/C26H26N4O6/c1-16-23-20(27-28-22(31)15-35-19-7-4-3-5-8-19)9-6-10-21(23)36-24(16)26(33)30-29-25(32)17-11-13-18(34-2)14-12-17/h3-5,7-8,11-14H,6,9-10,15H2,1-2H3,(H,28,31)(H,29,32)(H,30,33)/b27-20+. The molecule has 0 aliphatic heterocycles. The molecule has 0 saturated heterocycles. The van der Waals surface area contributed by atoms with Gasteiger partial charge in [-0.2, -0.15) is 5.10 Å². The molecule has 2 aromatic carbocycles. The fourth-order valence-electron chi connectivity index (χ4n) is 3.81. The van der Waals surface area contributed by atoms with Crippen LogP contribution in [-0.4, -0.2) is 37.1 Å². The predicted octanol–water partition coefficient (Wildman–Crippen LogP) is 2.91. The Kier molecular flexibility index (Phi) is 7.64. The van der Waals surface area contributed by atoms with Crippen LogP contribution in [0.2, 0.25) is 0 Å². The third-order valence-electron chi connectivity index (χ3n) is 5.60. The van der Waals surface area contributed by atoms with Gasteiger partial charge in [-0.15, -0.1) is 0 Å². The van der Waals surface area contributed by atoms with E-state index in [0.29, 0.717) is 52.5 Å². The number of ether oxygens (including phenoxy) is 2. The van der Waals surface area contributed by atoms with Crippen LogP contribution in [-0.2, 0) is 11.2 Å². The number of hydrazone groups is 1. The molecule has 1 aromatic heterocycles. The summed E-state index contributed by atoms with van der Waals surface area (Å²) >= 11 is 0. The number of methoxy groups -OCH3 is 1. The molecule has 0 spiro atoms. The highest BCUT2D eigenvalue weighted by molar-refractivity contribution is 6.07. The molecule has 10 nitrogen and oxygen atoms in total. The molecule has 1 heterocycles. The molecule has 0 saturated carbocycles. The van der Waals surface area contributed by atoms with E-state index >= 15 is 0 Å². The van der Waals surface area contributed by atoms with Crippen LogP contribution in [0.1, 0.15) is 50.6 Å². The van der Waals surface area contributed by atoms with Crippen molar-refractivity contribution in [1.82, 2.24) is 16.3 Å². The molecule has 10 heteroatoms. The average molecular weight is 491 g/mol. The fourth-order valence-corrected chi connectivity index (χ4v) is 3.81. The molecular formula is C26H26N4O6. The number of hydrogen-bond acceptors (Lipinski definition) is 7. The molecule has 3 N–H and O–H groups in total. The highest BCUT2D eigenvalue weighted by atomic mass is 16.5. The lowest BCUT2D eigenvalue weighted by atomic mass is 9.93. The molecule has 0 bridgehead atoms. The third-order valence-corrected chi connectivity index (χ3v) is 5.60. The maximum absolute atomic E-state index is 12.7. The smallest absolute Gasteiger partial charge is 0.305 e. The Balaban J connectivity index is 1.39. The van der Waals surface area contributed by atoms with E-state index in [1.807, 2.05) is 18.2 Å². The van der Waals surface area contributed by atoms with E-state index in [1.54, 1.807) is 43.3 Å². The van der Waals surface area contributed by atoms with E-state index in [-0.39, 0.29) is 12.4 Å². The molecule has 0 atom stereocenters. The Labute approximate surface area is 207 Å². The van der Waals surface area contributed by atoms with E-state index in [4.69, 9.17) is 13.9 Å². The largest absolute Gasteiger partial charge is 0.497 e. The monoisotopic (exact) mass is 490 g/mol. The minimum atomic E-state index is -0.594. The number of nitrogens with one attached hydrogen (secondary N) is 3. The normalized spacial score (nSPS) is 13.4. The second-order valence-electron chi connectivity index (χ2n) is 8.04. The molecule has 4 rings (SSSR count). The minimum Gasteiger partial charge on any atom is -0.497 e. The minimum absolute atomic E-state index is 0.0726. The Morgan fingerprint density at radius 1 is 0.944 bits per heavy atom. The summed E-state index contributed by atoms with van der Waals surface area (Å²) in [5.74, 6) is 0.401. The lowest BCUT2D eigenvalue weighted by Gasteiger charge is -2.13. The van der Waals surface area contributed by atoms with Crippen molar-refractivity contribution in [1.29, 1.82) is 0 Å². The van der Waals surface area contributed by atoms with Gasteiger partial charge in [-0.3, -0.25) is 25.2 Å². The van der Waals surface area contributed by atoms with Gasteiger partial charge in [-0.05, 0) is 56.2 Å². The van der Waals surface area contributed by atoms with Crippen LogP contribution in [0.3, 0.4) is 0 Å². The van der Waals surface area contributed by atoms with Gasteiger partial charge in [-0.25, -0.2) is 5.43 Å². The summed E-state index contributed by atoms with van der Waals surface area (Å²) in [4.78, 5) is 37.3. The predicted molar refractivity (Wildman–Crippen MR) is 131 cm³/mol. The topological polar surface area (TPSA) is 131 Å². The summed E-state index contributed by atoms with van der Waals surface area (Å²) in [7, 11) is 1.53. The summed E-state index contributed by atoms with van der Waals surface area (Å²) < 4.78 is 16.3. The molecule has 1 aliphatic rings. The first-order valence-electron chi connectivity index (χ1n) is 11.4. The van der Waals surface area contributed by atoms with Crippen LogP contribution in [0, 0.1) is 6.92 Å². The molecular weight excluding hydrogens is 464 g/mol. The van der Waals surface area contributed by atoms with E-state index in [1.165, 1.54) is 7.11 Å². The number of carbonyl (C=O) groups excluding carboxylic acids is 3. The van der Waals surface area contributed by atoms with Crippen LogP contribution in [0.5, 0.6) is 11.5 Å². The molecule has 0 radical (unpaired) electrons. The molecule has 0 unspecified atom stereocenters. The Bertz CT molecular complexity index is 1280. The highest BCUT2D eigenvalue weighted by Gasteiger charge is 2.28. The van der Waals surface area contributed by atoms with Gasteiger partial charge < -0.3 is 13.9 Å². The summed E-state index contributed by atoms with van der Waals surface area (Å²) in [5.41, 5.74) is 9.52. The Morgan fingerprint density at radius 2 is 1.67 bits per heavy atom. The number of hydrazine groups is 1. The number of para-hydroxylation sites is 1. The van der Waals surface area contributed by atoms with Crippen molar-refractivity contribution in [2.45, 2.75) is 26.2 Å². The number of carbonyl (C=O) groups is 3. The zero-order chi connectivity index (χ0) is 25.5. The van der Waals surface area contributed by atoms with Gasteiger partial charge in [0.15, 0.2) is 12.4 Å². The molecule has 0 fully saturated rings. The second kappa shape index (κ2) is 11.2. The van der Waals surface area contributed by atoms with Gasteiger partial charge in [0.2, 0.25) is 0 Å². The number of hydrogen-bond donors (Lipinski definition) is 3. The van der Waals surface area contributed by atoms with Crippen molar-refractivity contribution in [2.24, 2.45) is 5.10 Å². The zero-order valence-electron chi connectivity index (χ0n) is 19.9. The lowest BCUT2D eigenvalue weighted by Crippen LogP contribution is -2.41. The fraction of sp³-hybridized carbons (Fsp3) is 0.231. The van der Waals surface area contributed by atoms with Gasteiger partial charge in [0.25, 0.3) is 11.8 Å². The Morgan fingerprint density at radius 3 is 2.39 bits per heavy atom. The molecule has 3 aromatic rings. The first kappa shape index (κ1) is 24.5. The number of nitrogens with zero attached hydrogens (tertiary/aromatic N) is 1. The Hall–Kier alpha value is -4.60. The highest BCUT2D eigenvalue weighted by Crippen LogP contribution is 2.29. The lowest BCUT2D eigenvalue weighted by molar-refractivity contribution is -0.123. The number of aryl methyl sites for hydroxylation is 1. The first-order chi connectivity index (χ1) is 17.5. The number of fused-ring (bicyclic) bond motifs is 1. The van der Waals surface area contributed by atoms with Crippen molar-refractivity contribution in [3.63, 3.8) is 0 Å². The average Bonchev–Trinajstić information content (AvgIpc) is 3.26. The molecule has 36 heavy (non-hydrogen) atoms. The van der Waals surface area contributed by atoms with Crippen molar-refractivity contribution in [3.8, 4) is 11.5 Å². The summed E-state index contributed by atoms with van der Waals surface area (Å²) in [6.07, 6.45) is 2.00. The summed E-state index contributed by atoms with van der Waals surface area (Å²) in [5, 5.41) is 4.26. The van der Waals surface area contributed by atoms with Crippen LogP contribution in [0.25, 0.3) is 0 Å². The van der Waals surface area contributed by atoms with Gasteiger partial charge in [0, 0.05) is 23.1 Å². The van der Waals surface area contributed by atoms with Crippen molar-refractivity contribution in [3.05, 3.63) is 82.8 Å². The SMILES string of the molecule is COc1ccc(C(=O)NNC(=O)c2oc3c(c2C)/C(=N/NC(=O)COc2ccccc2)CCC3)cc1. The zero-order valence-corrected chi connectivity index (χ0v) is 19.9. The number of furan rings is 1. The van der Waals surface area contributed by atoms with Gasteiger partial charge >= 0.3 is 5.91 Å². The molecule has 3 amide bonds. The van der Waals surface area contributed by atoms with Crippen LogP contribution >= 0.6 is 0 Å². The third kappa shape index (κ3) is 5.72. The number of rotatable bonds is 7. The summed E-state index contributed by atoms with van der Waals surface area (Å²) in [6, 6.07) is 15.5. The van der Waals surface area contributed by atoms with Crippen LogP contribution < -0.4 is 25.8 Å². The van der Waals surface area contributed by atoms with Crippen LogP contribution in [0.15, 0.2) is 64.1 Å². The van der Waals surface area contributed by atoms with E-state index < -0.39 is 17.7 Å². The van der Waals surface area contributed by atoms with E-state index in [9.17, 15) is 14.4 Å². The van der Waals surface area contributed by atoms with Crippen molar-refractivity contribution < 1.29 is 28.3 Å². The molecule has 1 aliphatic carbocycles. The van der Waals surface area contributed by atoms with Crippen molar-refractivity contribution in [2.75, 3.05) is 13.7 Å². The first-order valence-corrected chi connectivity index (χ1v) is 11.4. The maximum Gasteiger partial charge on any atom is 0.305 e. The van der Waals surface area contributed by atoms with Gasteiger partial charge in [0.05, 0.1) is 12.8 Å². The molecule has 186 valence electrons. The quantitative estimate of drug-likeness (QED) is 0.437. The van der Waals surface area contributed by atoms with Crippen molar-refractivity contribution >= 4 is 23.4 Å². The summed E-state index contributed by atoms with van der Waals surface area (Å²) in [6.45, 7) is 1.56. The van der Waals surface area contributed by atoms with Crippen LogP contribution in [0.4, 0.5) is 0 Å². The van der Waals surface area contributed by atoms with Gasteiger partial charge in [0.1, 0.15) is 17.3 Å². The van der Waals surface area contributed by atoms with E-state index in [2.05, 4.69) is 21.4 Å². The maximum atomic E-state index is 12.7. The second-order valence-corrected chi connectivity index (χ2v) is 8.04. The number of benzene rings is 2.